The van der Waals surface area contributed by atoms with E-state index in [9.17, 15) is 4.79 Å². The molecule has 9 heteroatoms. The van der Waals surface area contributed by atoms with Crippen molar-refractivity contribution >= 4 is 17.4 Å². The van der Waals surface area contributed by atoms with Gasteiger partial charge in [-0.05, 0) is 49.2 Å². The highest BCUT2D eigenvalue weighted by Gasteiger charge is 2.23. The fraction of sp³-hybridized carbons (Fsp3) is 0.333. The van der Waals surface area contributed by atoms with Gasteiger partial charge in [-0.2, -0.15) is 0 Å². The molecule has 1 unspecified atom stereocenters. The Morgan fingerprint density at radius 3 is 2.82 bits per heavy atom. The summed E-state index contributed by atoms with van der Waals surface area (Å²) < 4.78 is 10.9. The van der Waals surface area contributed by atoms with E-state index in [1.54, 1.807) is 25.7 Å². The first kappa shape index (κ1) is 22.5. The van der Waals surface area contributed by atoms with Gasteiger partial charge in [0.1, 0.15) is 5.82 Å². The molecule has 2 aromatic heterocycles. The van der Waals surface area contributed by atoms with Crippen molar-refractivity contribution in [2.24, 2.45) is 5.73 Å². The number of rotatable bonds is 9. The van der Waals surface area contributed by atoms with E-state index in [2.05, 4.69) is 26.3 Å². The molecule has 1 amide bonds. The van der Waals surface area contributed by atoms with E-state index < -0.39 is 5.91 Å². The van der Waals surface area contributed by atoms with E-state index in [4.69, 9.17) is 20.2 Å². The van der Waals surface area contributed by atoms with E-state index in [0.29, 0.717) is 23.2 Å². The molecule has 1 saturated heterocycles. The van der Waals surface area contributed by atoms with Crippen molar-refractivity contribution in [2.45, 2.75) is 25.3 Å². The van der Waals surface area contributed by atoms with Gasteiger partial charge < -0.3 is 20.5 Å². The minimum atomic E-state index is -0.522. The van der Waals surface area contributed by atoms with Crippen LogP contribution in [0.15, 0.2) is 55.1 Å². The molecule has 1 fully saturated rings. The van der Waals surface area contributed by atoms with Gasteiger partial charge in [0.05, 0.1) is 25.2 Å². The predicted octanol–water partition coefficient (Wildman–Crippen LogP) is 2.87. The van der Waals surface area contributed by atoms with E-state index >= 15 is 0 Å². The van der Waals surface area contributed by atoms with Crippen LogP contribution in [0.25, 0.3) is 0 Å². The largest absolute Gasteiger partial charge is 0.493 e. The van der Waals surface area contributed by atoms with Gasteiger partial charge in [0.15, 0.2) is 18.1 Å². The van der Waals surface area contributed by atoms with Gasteiger partial charge in [0.25, 0.3) is 5.91 Å². The van der Waals surface area contributed by atoms with Crippen molar-refractivity contribution in [2.75, 3.05) is 32.1 Å². The standard InChI is InChI=1S/C24H28N6O3/c1-32-22-11-17(4-7-21(22)33-16-23(25)31)14-30-10-2-3-18(15-30)20-6-5-19(12-28-20)29-24-13-26-8-9-27-24/h4-9,11-13,18H,2-3,10,14-16H2,1H3,(H2,25,31)(H,27,29). The number of aromatic nitrogens is 3. The Kier molecular flexibility index (Phi) is 7.31. The third-order valence-electron chi connectivity index (χ3n) is 5.55. The van der Waals surface area contributed by atoms with Crippen LogP contribution in [0.5, 0.6) is 11.5 Å². The van der Waals surface area contributed by atoms with Crippen molar-refractivity contribution in [3.8, 4) is 11.5 Å². The van der Waals surface area contributed by atoms with Crippen LogP contribution in [0, 0.1) is 0 Å². The first-order chi connectivity index (χ1) is 16.1. The molecule has 172 valence electrons. The molecule has 0 radical (unpaired) electrons. The molecule has 0 bridgehead atoms. The Balaban J connectivity index is 1.37. The molecule has 1 aromatic carbocycles. The van der Waals surface area contributed by atoms with E-state index in [1.165, 1.54) is 0 Å². The van der Waals surface area contributed by atoms with Crippen molar-refractivity contribution < 1.29 is 14.3 Å². The third-order valence-corrected chi connectivity index (χ3v) is 5.55. The lowest BCUT2D eigenvalue weighted by atomic mass is 9.94. The quantitative estimate of drug-likeness (QED) is 0.513. The number of carbonyl (C=O) groups is 1. The summed E-state index contributed by atoms with van der Waals surface area (Å²) in [6, 6.07) is 9.88. The monoisotopic (exact) mass is 448 g/mol. The minimum Gasteiger partial charge on any atom is -0.493 e. The molecular weight excluding hydrogens is 420 g/mol. The maximum Gasteiger partial charge on any atom is 0.255 e. The molecule has 0 aliphatic carbocycles. The summed E-state index contributed by atoms with van der Waals surface area (Å²) in [6.45, 7) is 2.59. The smallest absolute Gasteiger partial charge is 0.255 e. The molecule has 1 atom stereocenters. The predicted molar refractivity (Wildman–Crippen MR) is 124 cm³/mol. The fourth-order valence-electron chi connectivity index (χ4n) is 4.01. The molecule has 0 saturated carbocycles. The fourth-order valence-corrected chi connectivity index (χ4v) is 4.01. The van der Waals surface area contributed by atoms with Gasteiger partial charge >= 0.3 is 0 Å². The first-order valence-electron chi connectivity index (χ1n) is 10.9. The maximum absolute atomic E-state index is 11.0. The van der Waals surface area contributed by atoms with Gasteiger partial charge in [0.2, 0.25) is 0 Å². The van der Waals surface area contributed by atoms with E-state index in [0.717, 1.165) is 49.4 Å². The number of amides is 1. The lowest BCUT2D eigenvalue weighted by Crippen LogP contribution is -2.34. The van der Waals surface area contributed by atoms with E-state index in [1.807, 2.05) is 30.5 Å². The van der Waals surface area contributed by atoms with Crippen molar-refractivity contribution in [3.63, 3.8) is 0 Å². The highest BCUT2D eigenvalue weighted by atomic mass is 16.5. The highest BCUT2D eigenvalue weighted by Crippen LogP contribution is 2.31. The average molecular weight is 449 g/mol. The van der Waals surface area contributed by atoms with Gasteiger partial charge in [-0.25, -0.2) is 4.98 Å². The molecular formula is C24H28N6O3. The lowest BCUT2D eigenvalue weighted by molar-refractivity contribution is -0.119. The summed E-state index contributed by atoms with van der Waals surface area (Å²) in [4.78, 5) is 26.4. The Hall–Kier alpha value is -3.72. The number of pyridine rings is 1. The number of hydrogen-bond acceptors (Lipinski definition) is 8. The SMILES string of the molecule is COc1cc(CN2CCCC(c3ccc(Nc4cnccn4)cn3)C2)ccc1OCC(N)=O. The second kappa shape index (κ2) is 10.7. The van der Waals surface area contributed by atoms with Gasteiger partial charge in [-0.3, -0.25) is 19.7 Å². The Labute approximate surface area is 193 Å². The zero-order valence-corrected chi connectivity index (χ0v) is 18.6. The number of piperidine rings is 1. The second-order valence-corrected chi connectivity index (χ2v) is 8.00. The van der Waals surface area contributed by atoms with Crippen molar-refractivity contribution in [1.29, 1.82) is 0 Å². The zero-order chi connectivity index (χ0) is 23.0. The number of ether oxygens (including phenoxy) is 2. The first-order valence-corrected chi connectivity index (χ1v) is 10.9. The summed E-state index contributed by atoms with van der Waals surface area (Å²) in [5.74, 6) is 1.65. The molecule has 4 rings (SSSR count). The zero-order valence-electron chi connectivity index (χ0n) is 18.6. The molecule has 9 nitrogen and oxygen atoms in total. The summed E-state index contributed by atoms with van der Waals surface area (Å²) in [5.41, 5.74) is 8.27. The lowest BCUT2D eigenvalue weighted by Gasteiger charge is -2.32. The molecule has 33 heavy (non-hydrogen) atoms. The number of anilines is 2. The summed E-state index contributed by atoms with van der Waals surface area (Å²) in [6.07, 6.45) is 9.05. The van der Waals surface area contributed by atoms with E-state index in [-0.39, 0.29) is 6.61 Å². The summed E-state index contributed by atoms with van der Waals surface area (Å²) >= 11 is 0. The highest BCUT2D eigenvalue weighted by molar-refractivity contribution is 5.75. The van der Waals surface area contributed by atoms with Crippen molar-refractivity contribution in [1.82, 2.24) is 19.9 Å². The molecule has 0 spiro atoms. The number of likely N-dealkylation sites (tertiary alicyclic amines) is 1. The number of nitrogens with zero attached hydrogens (tertiary/aromatic N) is 4. The Morgan fingerprint density at radius 2 is 2.09 bits per heavy atom. The number of hydrogen-bond donors (Lipinski definition) is 2. The van der Waals surface area contributed by atoms with Gasteiger partial charge in [-0.15, -0.1) is 0 Å². The van der Waals surface area contributed by atoms with Crippen LogP contribution in [-0.2, 0) is 11.3 Å². The maximum atomic E-state index is 11.0. The Bertz CT molecular complexity index is 1060. The topological polar surface area (TPSA) is 115 Å². The molecule has 3 N–H and O–H groups in total. The number of primary amides is 1. The van der Waals surface area contributed by atoms with Gasteiger partial charge in [0, 0.05) is 37.1 Å². The Morgan fingerprint density at radius 1 is 1.18 bits per heavy atom. The third kappa shape index (κ3) is 6.17. The van der Waals surface area contributed by atoms with Crippen LogP contribution in [0.2, 0.25) is 0 Å². The van der Waals surface area contributed by atoms with Crippen LogP contribution in [0.4, 0.5) is 11.5 Å². The molecule has 1 aliphatic rings. The normalized spacial score (nSPS) is 16.2. The number of methoxy groups -OCH3 is 1. The molecule has 3 aromatic rings. The average Bonchev–Trinajstić information content (AvgIpc) is 2.84. The van der Waals surface area contributed by atoms with Crippen LogP contribution in [0.1, 0.15) is 30.0 Å². The van der Waals surface area contributed by atoms with Crippen LogP contribution in [-0.4, -0.2) is 52.6 Å². The second-order valence-electron chi connectivity index (χ2n) is 8.00. The number of carbonyl (C=O) groups excluding carboxylic acids is 1. The summed E-state index contributed by atoms with van der Waals surface area (Å²) in [7, 11) is 1.59. The minimum absolute atomic E-state index is 0.177. The number of nitrogens with two attached hydrogens (primary N) is 1. The molecule has 1 aliphatic heterocycles. The number of benzene rings is 1. The van der Waals surface area contributed by atoms with Crippen LogP contribution >= 0.6 is 0 Å². The summed E-state index contributed by atoms with van der Waals surface area (Å²) in [5, 5.41) is 3.21. The van der Waals surface area contributed by atoms with Crippen LogP contribution in [0.3, 0.4) is 0 Å². The van der Waals surface area contributed by atoms with Gasteiger partial charge in [-0.1, -0.05) is 6.07 Å². The number of nitrogens with one attached hydrogen (secondary N) is 1. The van der Waals surface area contributed by atoms with Crippen LogP contribution < -0.4 is 20.5 Å². The molecule has 3 heterocycles. The van der Waals surface area contributed by atoms with Crippen molar-refractivity contribution in [3.05, 3.63) is 66.4 Å².